The van der Waals surface area contributed by atoms with Gasteiger partial charge in [0.15, 0.2) is 17.7 Å². The number of hydrogen-bond acceptors (Lipinski definition) is 8. The average Bonchev–Trinajstić information content (AvgIpc) is 3.72. The van der Waals surface area contributed by atoms with Crippen molar-refractivity contribution < 1.29 is 18.7 Å². The molecule has 7 rings (SSSR count). The van der Waals surface area contributed by atoms with Gasteiger partial charge < -0.3 is 24.4 Å². The van der Waals surface area contributed by atoms with Gasteiger partial charge in [-0.15, -0.1) is 0 Å². The first-order valence-corrected chi connectivity index (χ1v) is 22.0. The van der Waals surface area contributed by atoms with Crippen LogP contribution in [0.25, 0.3) is 11.2 Å². The molecule has 4 aromatic carbocycles. The number of benzene rings is 4. The van der Waals surface area contributed by atoms with Crippen molar-refractivity contribution in [2.24, 2.45) is 0 Å². The molecule has 2 aromatic heterocycles. The lowest BCUT2D eigenvalue weighted by molar-refractivity contribution is -0.0482. The van der Waals surface area contributed by atoms with Crippen LogP contribution in [0.3, 0.4) is 0 Å². The molecule has 1 aliphatic rings. The van der Waals surface area contributed by atoms with Crippen LogP contribution >= 0.6 is 0 Å². The van der Waals surface area contributed by atoms with Crippen molar-refractivity contribution in [2.75, 3.05) is 12.3 Å². The molecule has 53 heavy (non-hydrogen) atoms. The lowest BCUT2D eigenvalue weighted by Crippen LogP contribution is -2.69. The molecule has 0 amide bonds. The molecule has 0 bridgehead atoms. The zero-order valence-electron chi connectivity index (χ0n) is 31.3. The van der Waals surface area contributed by atoms with Crippen molar-refractivity contribution in [2.45, 2.75) is 76.2 Å². The Kier molecular flexibility index (Phi) is 10.0. The number of nitrogens with zero attached hydrogens (tertiary/aromatic N) is 4. The van der Waals surface area contributed by atoms with E-state index >= 15 is 0 Å². The molecule has 11 heteroatoms. The summed E-state index contributed by atoms with van der Waals surface area (Å²) in [5, 5.41) is 16.5. The molecule has 9 nitrogen and oxygen atoms in total. The molecule has 3 heterocycles. The number of ether oxygens (including phenoxy) is 1. The van der Waals surface area contributed by atoms with E-state index in [0.717, 1.165) is 20.7 Å². The third kappa shape index (κ3) is 6.45. The molecule has 6 aromatic rings. The van der Waals surface area contributed by atoms with Crippen LogP contribution in [0.5, 0.6) is 0 Å². The van der Waals surface area contributed by atoms with Crippen molar-refractivity contribution in [3.63, 3.8) is 0 Å². The monoisotopic (exact) mass is 743 g/mol. The summed E-state index contributed by atoms with van der Waals surface area (Å²) in [5.74, 6) is 0.257. The van der Waals surface area contributed by atoms with Gasteiger partial charge in [0.1, 0.15) is 30.2 Å². The number of nitrogen functional groups attached to an aromatic ring is 1. The van der Waals surface area contributed by atoms with E-state index in [1.54, 1.807) is 10.9 Å². The van der Waals surface area contributed by atoms with Crippen molar-refractivity contribution >= 4 is 54.4 Å². The second-order valence-electron chi connectivity index (χ2n) is 15.9. The Morgan fingerprint density at radius 1 is 0.679 bits per heavy atom. The molecule has 4 atom stereocenters. The Morgan fingerprint density at radius 2 is 1.13 bits per heavy atom. The Labute approximate surface area is 314 Å². The fraction of sp³-hybridized carbons (Fsp3) is 0.310. The maximum absolute atomic E-state index is 12.6. The van der Waals surface area contributed by atoms with E-state index in [-0.39, 0.29) is 22.5 Å². The summed E-state index contributed by atoms with van der Waals surface area (Å²) in [6, 6.07) is 42.0. The van der Waals surface area contributed by atoms with E-state index < -0.39 is 41.2 Å². The first-order chi connectivity index (χ1) is 25.4. The fourth-order valence-corrected chi connectivity index (χ4v) is 17.4. The molecule has 1 aliphatic heterocycles. The topological polar surface area (TPSA) is 118 Å². The van der Waals surface area contributed by atoms with Gasteiger partial charge in [-0.1, -0.05) is 163 Å². The third-order valence-corrected chi connectivity index (χ3v) is 20.6. The number of fused-ring (bicyclic) bond motifs is 1. The summed E-state index contributed by atoms with van der Waals surface area (Å²) in [6.07, 6.45) is -0.453. The maximum atomic E-state index is 12.6. The summed E-state index contributed by atoms with van der Waals surface area (Å²) in [6.45, 7) is 13.6. The highest BCUT2D eigenvalue weighted by molar-refractivity contribution is 7.00. The minimum absolute atomic E-state index is 0.174. The van der Waals surface area contributed by atoms with E-state index in [1.807, 2.05) is 24.3 Å². The van der Waals surface area contributed by atoms with Gasteiger partial charge in [0, 0.05) is 0 Å². The summed E-state index contributed by atoms with van der Waals surface area (Å²) in [4.78, 5) is 13.1. The number of rotatable bonds is 10. The predicted molar refractivity (Wildman–Crippen MR) is 216 cm³/mol. The van der Waals surface area contributed by atoms with Crippen LogP contribution in [0, 0.1) is 0 Å². The van der Waals surface area contributed by atoms with Gasteiger partial charge in [-0.3, -0.25) is 4.57 Å². The van der Waals surface area contributed by atoms with Crippen LogP contribution in [0.4, 0.5) is 5.82 Å². The smallest absolute Gasteiger partial charge is 0.261 e. The molecule has 1 fully saturated rings. The van der Waals surface area contributed by atoms with Gasteiger partial charge in [-0.2, -0.15) is 0 Å². The molecule has 0 unspecified atom stereocenters. The van der Waals surface area contributed by atoms with Gasteiger partial charge in [0.05, 0.1) is 12.9 Å². The first-order valence-electron chi connectivity index (χ1n) is 18.2. The van der Waals surface area contributed by atoms with E-state index in [2.05, 4.69) is 154 Å². The Bertz CT molecular complexity index is 2040. The zero-order valence-corrected chi connectivity index (χ0v) is 33.3. The highest BCUT2D eigenvalue weighted by Crippen LogP contribution is 2.43. The van der Waals surface area contributed by atoms with Gasteiger partial charge in [0.25, 0.3) is 16.6 Å². The van der Waals surface area contributed by atoms with E-state index in [9.17, 15) is 5.11 Å². The summed E-state index contributed by atoms with van der Waals surface area (Å²) in [7, 11) is -6.16. The molecule has 0 aliphatic carbocycles. The van der Waals surface area contributed by atoms with E-state index in [0.29, 0.717) is 11.2 Å². The van der Waals surface area contributed by atoms with E-state index in [4.69, 9.17) is 19.3 Å². The largest absolute Gasteiger partial charge is 0.405 e. The molecular formula is C42H49N5O4Si2. The van der Waals surface area contributed by atoms with Gasteiger partial charge in [-0.05, 0) is 30.8 Å². The average molecular weight is 744 g/mol. The van der Waals surface area contributed by atoms with Crippen molar-refractivity contribution in [1.29, 1.82) is 0 Å². The number of imidazole rings is 1. The number of aliphatic hydroxyl groups excluding tert-OH is 1. The van der Waals surface area contributed by atoms with Gasteiger partial charge >= 0.3 is 0 Å². The highest BCUT2D eigenvalue weighted by atomic mass is 28.4. The third-order valence-electron chi connectivity index (χ3n) is 10.6. The number of nitrogens with two attached hydrogens (primary N) is 1. The molecule has 3 N–H and O–H groups in total. The second kappa shape index (κ2) is 14.4. The SMILES string of the molecule is CC(C)(C)[Si](OC[C@H]1O[C@@H](n2cnc3c(N)ncnc32)[C@H](O)[C@@H]1O[Si](c1ccccc1)(c1ccccc1)C(C)(C)C)(c1ccccc1)c1ccccc1. The molecule has 0 saturated carbocycles. The van der Waals surface area contributed by atoms with Crippen LogP contribution in [-0.4, -0.2) is 66.2 Å². The lowest BCUT2D eigenvalue weighted by atomic mass is 10.1. The van der Waals surface area contributed by atoms with Crippen LogP contribution in [0.15, 0.2) is 134 Å². The summed E-state index contributed by atoms with van der Waals surface area (Å²) >= 11 is 0. The molecule has 274 valence electrons. The number of anilines is 1. The Morgan fingerprint density at radius 3 is 1.58 bits per heavy atom. The summed E-state index contributed by atoms with van der Waals surface area (Å²) in [5.41, 5.74) is 7.12. The predicted octanol–water partition coefficient (Wildman–Crippen LogP) is 5.19. The minimum Gasteiger partial charge on any atom is -0.405 e. The molecular weight excluding hydrogens is 695 g/mol. The van der Waals surface area contributed by atoms with Crippen molar-refractivity contribution in [3.8, 4) is 0 Å². The second-order valence-corrected chi connectivity index (χ2v) is 24.4. The van der Waals surface area contributed by atoms with E-state index in [1.165, 1.54) is 6.33 Å². The quantitative estimate of drug-likeness (QED) is 0.184. The molecule has 1 saturated heterocycles. The molecule has 0 spiro atoms. The standard InChI is InChI=1S/C42H49N5O4Si2/c1-41(2,3)52(30-19-11-7-12-20-30,31-21-13-8-14-22-31)49-27-34-37(36(48)40(50-34)47-29-46-35-38(43)44-28-45-39(35)47)51-53(42(4,5)6,32-23-15-9-16-24-32)33-25-17-10-18-26-33/h7-26,28-29,34,36-37,40,48H,27H2,1-6H3,(H2,43,44,45)/t34-,36-,37-,40-/m1/s1. The Balaban J connectivity index is 1.38. The lowest BCUT2D eigenvalue weighted by Gasteiger charge is -2.46. The molecule has 0 radical (unpaired) electrons. The van der Waals surface area contributed by atoms with Gasteiger partial charge in [-0.25, -0.2) is 15.0 Å². The Hall–Kier alpha value is -4.50. The van der Waals surface area contributed by atoms with Crippen LogP contribution in [0.2, 0.25) is 10.1 Å². The fourth-order valence-electron chi connectivity index (χ4n) is 8.15. The van der Waals surface area contributed by atoms with Crippen molar-refractivity contribution in [3.05, 3.63) is 134 Å². The first kappa shape index (κ1) is 36.8. The van der Waals surface area contributed by atoms with Crippen LogP contribution in [0.1, 0.15) is 47.8 Å². The summed E-state index contributed by atoms with van der Waals surface area (Å²) < 4.78 is 23.9. The van der Waals surface area contributed by atoms with Crippen molar-refractivity contribution in [1.82, 2.24) is 19.5 Å². The maximum Gasteiger partial charge on any atom is 0.261 e. The van der Waals surface area contributed by atoms with Crippen LogP contribution in [-0.2, 0) is 13.6 Å². The number of aromatic nitrogens is 4. The number of hydrogen-bond donors (Lipinski definition) is 2. The van der Waals surface area contributed by atoms with Crippen LogP contribution < -0.4 is 26.5 Å². The zero-order chi connectivity index (χ0) is 37.4. The normalized spacial score (nSPS) is 19.8. The highest BCUT2D eigenvalue weighted by Gasteiger charge is 2.58. The number of aliphatic hydroxyl groups is 1. The minimum atomic E-state index is -3.17. The van der Waals surface area contributed by atoms with Gasteiger partial charge in [0.2, 0.25) is 0 Å².